The van der Waals surface area contributed by atoms with Crippen LogP contribution in [-0.2, 0) is 16.3 Å². The van der Waals surface area contributed by atoms with Gasteiger partial charge >= 0.3 is 0 Å². The van der Waals surface area contributed by atoms with E-state index in [2.05, 4.69) is 39.9 Å². The zero-order valence-corrected chi connectivity index (χ0v) is 12.2. The zero-order chi connectivity index (χ0) is 12.5. The summed E-state index contributed by atoms with van der Waals surface area (Å²) in [4.78, 5) is 2.17. The summed E-state index contributed by atoms with van der Waals surface area (Å²) in [7, 11) is -2.80. The molecule has 1 aromatic carbocycles. The molecule has 5 heteroatoms. The third-order valence-electron chi connectivity index (χ3n) is 3.11. The summed E-state index contributed by atoms with van der Waals surface area (Å²) in [6.07, 6.45) is 0.956. The minimum Gasteiger partial charge on any atom is -0.369 e. The number of hydrogen-bond acceptors (Lipinski definition) is 3. The van der Waals surface area contributed by atoms with Gasteiger partial charge in [-0.15, -0.1) is 0 Å². The molecule has 1 aromatic rings. The molecule has 1 fully saturated rings. The van der Waals surface area contributed by atoms with Gasteiger partial charge in [0.15, 0.2) is 9.84 Å². The Morgan fingerprint density at radius 3 is 2.53 bits per heavy atom. The number of nitrogens with zero attached hydrogens (tertiary/aromatic N) is 1. The summed E-state index contributed by atoms with van der Waals surface area (Å²) in [6, 6.07) is 6.19. The van der Waals surface area contributed by atoms with Crippen molar-refractivity contribution in [2.45, 2.75) is 13.3 Å². The van der Waals surface area contributed by atoms with E-state index in [0.29, 0.717) is 13.1 Å². The molecule has 1 heterocycles. The summed E-state index contributed by atoms with van der Waals surface area (Å²) in [5.74, 6) is 0.540. The lowest BCUT2D eigenvalue weighted by Crippen LogP contribution is -2.40. The van der Waals surface area contributed by atoms with Crippen molar-refractivity contribution in [1.82, 2.24) is 0 Å². The van der Waals surface area contributed by atoms with Gasteiger partial charge < -0.3 is 4.90 Å². The van der Waals surface area contributed by atoms with Crippen LogP contribution in [0.1, 0.15) is 12.5 Å². The van der Waals surface area contributed by atoms with Gasteiger partial charge in [-0.3, -0.25) is 0 Å². The van der Waals surface area contributed by atoms with Crippen molar-refractivity contribution in [2.24, 2.45) is 0 Å². The van der Waals surface area contributed by atoms with Gasteiger partial charge in [-0.25, -0.2) is 8.42 Å². The summed E-state index contributed by atoms with van der Waals surface area (Å²) in [6.45, 7) is 3.33. The number of sulfone groups is 1. The van der Waals surface area contributed by atoms with Gasteiger partial charge in [0, 0.05) is 23.2 Å². The molecule has 0 amide bonds. The van der Waals surface area contributed by atoms with Gasteiger partial charge in [-0.05, 0) is 30.2 Å². The normalized spacial score (nSPS) is 19.3. The second kappa shape index (κ2) is 4.98. The maximum atomic E-state index is 11.4. The number of hydrogen-bond donors (Lipinski definition) is 0. The fourth-order valence-electron chi connectivity index (χ4n) is 2.10. The van der Waals surface area contributed by atoms with E-state index in [1.807, 2.05) is 6.07 Å². The Kier molecular flexibility index (Phi) is 3.78. The molecule has 0 atom stereocenters. The van der Waals surface area contributed by atoms with Crippen molar-refractivity contribution >= 4 is 31.5 Å². The fraction of sp³-hybridized carbons (Fsp3) is 0.500. The van der Waals surface area contributed by atoms with Crippen LogP contribution in [0.2, 0.25) is 0 Å². The van der Waals surface area contributed by atoms with E-state index in [0.717, 1.165) is 10.9 Å². The Morgan fingerprint density at radius 1 is 1.29 bits per heavy atom. The molecule has 1 aliphatic heterocycles. The summed E-state index contributed by atoms with van der Waals surface area (Å²) in [5, 5.41) is 0. The summed E-state index contributed by atoms with van der Waals surface area (Å²) in [5.41, 5.74) is 2.43. The first-order valence-corrected chi connectivity index (χ1v) is 8.37. The van der Waals surface area contributed by atoms with E-state index in [4.69, 9.17) is 0 Å². The van der Waals surface area contributed by atoms with Gasteiger partial charge in [0.2, 0.25) is 0 Å². The van der Waals surface area contributed by atoms with Gasteiger partial charge in [-0.2, -0.15) is 0 Å². The lowest BCUT2D eigenvalue weighted by molar-refractivity contribution is 0.586. The van der Waals surface area contributed by atoms with Crippen LogP contribution in [-0.4, -0.2) is 33.0 Å². The molecular weight excluding hydrogens is 302 g/mol. The molecule has 2 rings (SSSR count). The van der Waals surface area contributed by atoms with Crippen LogP contribution < -0.4 is 4.90 Å². The Morgan fingerprint density at radius 2 is 1.94 bits per heavy atom. The Hall–Kier alpha value is -0.550. The largest absolute Gasteiger partial charge is 0.369 e. The van der Waals surface area contributed by atoms with Crippen LogP contribution in [0.15, 0.2) is 22.7 Å². The first kappa shape index (κ1) is 12.9. The molecule has 17 heavy (non-hydrogen) atoms. The van der Waals surface area contributed by atoms with Crippen LogP contribution in [0.25, 0.3) is 0 Å². The van der Waals surface area contributed by atoms with E-state index in [1.54, 1.807) is 0 Å². The molecule has 0 unspecified atom stereocenters. The van der Waals surface area contributed by atoms with Crippen LogP contribution in [0.4, 0.5) is 5.69 Å². The van der Waals surface area contributed by atoms with E-state index >= 15 is 0 Å². The Labute approximate surface area is 111 Å². The van der Waals surface area contributed by atoms with Gasteiger partial charge in [0.05, 0.1) is 11.5 Å². The maximum Gasteiger partial charge on any atom is 0.153 e. The molecule has 0 spiro atoms. The standard InChI is InChI=1S/C12H16BrNO2S/c1-2-10-9-11(13)3-4-12(10)14-5-7-17(15,16)8-6-14/h3-4,9H,2,5-8H2,1H3. The van der Waals surface area contributed by atoms with E-state index in [9.17, 15) is 8.42 Å². The molecule has 0 radical (unpaired) electrons. The maximum absolute atomic E-state index is 11.4. The average molecular weight is 318 g/mol. The highest BCUT2D eigenvalue weighted by atomic mass is 79.9. The average Bonchev–Trinajstić information content (AvgIpc) is 2.29. The lowest BCUT2D eigenvalue weighted by Gasteiger charge is -2.30. The highest BCUT2D eigenvalue weighted by Gasteiger charge is 2.22. The molecule has 0 bridgehead atoms. The Balaban J connectivity index is 2.24. The van der Waals surface area contributed by atoms with E-state index < -0.39 is 9.84 Å². The monoisotopic (exact) mass is 317 g/mol. The summed E-state index contributed by atoms with van der Waals surface area (Å²) >= 11 is 3.46. The van der Waals surface area contributed by atoms with E-state index in [1.165, 1.54) is 11.3 Å². The molecule has 0 aromatic heterocycles. The molecule has 0 aliphatic carbocycles. The molecule has 94 valence electrons. The predicted octanol–water partition coefficient (Wildman–Crippen LogP) is 2.25. The number of aryl methyl sites for hydroxylation is 1. The van der Waals surface area contributed by atoms with Gasteiger partial charge in [0.25, 0.3) is 0 Å². The van der Waals surface area contributed by atoms with Gasteiger partial charge in [-0.1, -0.05) is 22.9 Å². The second-order valence-electron chi connectivity index (χ2n) is 4.27. The highest BCUT2D eigenvalue weighted by Crippen LogP contribution is 2.26. The number of anilines is 1. The van der Waals surface area contributed by atoms with Crippen molar-refractivity contribution in [2.75, 3.05) is 29.5 Å². The molecule has 0 saturated carbocycles. The van der Waals surface area contributed by atoms with Crippen LogP contribution in [0.5, 0.6) is 0 Å². The number of rotatable bonds is 2. The predicted molar refractivity (Wildman–Crippen MR) is 74.4 cm³/mol. The third kappa shape index (κ3) is 3.01. The minimum absolute atomic E-state index is 0.270. The quantitative estimate of drug-likeness (QED) is 0.839. The van der Waals surface area contributed by atoms with Crippen molar-refractivity contribution in [3.05, 3.63) is 28.2 Å². The van der Waals surface area contributed by atoms with Crippen molar-refractivity contribution < 1.29 is 8.42 Å². The molecule has 0 N–H and O–H groups in total. The van der Waals surface area contributed by atoms with Gasteiger partial charge in [0.1, 0.15) is 0 Å². The number of halogens is 1. The zero-order valence-electron chi connectivity index (χ0n) is 9.82. The van der Waals surface area contributed by atoms with E-state index in [-0.39, 0.29) is 11.5 Å². The first-order chi connectivity index (χ1) is 8.02. The topological polar surface area (TPSA) is 37.4 Å². The number of benzene rings is 1. The fourth-order valence-corrected chi connectivity index (χ4v) is 3.71. The highest BCUT2D eigenvalue weighted by molar-refractivity contribution is 9.10. The molecular formula is C12H16BrNO2S. The summed E-state index contributed by atoms with van der Waals surface area (Å²) < 4.78 is 23.9. The SMILES string of the molecule is CCc1cc(Br)ccc1N1CCS(=O)(=O)CC1. The second-order valence-corrected chi connectivity index (χ2v) is 7.48. The van der Waals surface area contributed by atoms with Crippen LogP contribution >= 0.6 is 15.9 Å². The smallest absolute Gasteiger partial charge is 0.153 e. The first-order valence-electron chi connectivity index (χ1n) is 5.75. The van der Waals surface area contributed by atoms with Crippen LogP contribution in [0.3, 0.4) is 0 Å². The van der Waals surface area contributed by atoms with Crippen molar-refractivity contribution in [1.29, 1.82) is 0 Å². The van der Waals surface area contributed by atoms with Crippen molar-refractivity contribution in [3.63, 3.8) is 0 Å². The molecule has 1 saturated heterocycles. The lowest BCUT2D eigenvalue weighted by atomic mass is 10.1. The third-order valence-corrected chi connectivity index (χ3v) is 5.21. The Bertz CT molecular complexity index is 499. The van der Waals surface area contributed by atoms with Crippen molar-refractivity contribution in [3.8, 4) is 0 Å². The molecule has 1 aliphatic rings. The molecule has 3 nitrogen and oxygen atoms in total. The minimum atomic E-state index is -2.80. The van der Waals surface area contributed by atoms with Crippen LogP contribution in [0, 0.1) is 0 Å².